The van der Waals surface area contributed by atoms with Crippen LogP contribution in [0.3, 0.4) is 0 Å². The summed E-state index contributed by atoms with van der Waals surface area (Å²) >= 11 is 3.58. The Morgan fingerprint density at radius 3 is 1.91 bits per heavy atom. The van der Waals surface area contributed by atoms with Gasteiger partial charge >= 0.3 is 25.9 Å². The summed E-state index contributed by atoms with van der Waals surface area (Å²) in [5.41, 5.74) is 3.85. The van der Waals surface area contributed by atoms with Crippen LogP contribution in [0.5, 0.6) is 0 Å². The van der Waals surface area contributed by atoms with E-state index in [9.17, 15) is 0 Å². The molecule has 0 amide bonds. The molecule has 3 aliphatic carbocycles. The van der Waals surface area contributed by atoms with Crippen molar-refractivity contribution < 1.29 is 9.31 Å². The maximum absolute atomic E-state index is 6.20. The minimum atomic E-state index is -0.257. The van der Waals surface area contributed by atoms with E-state index in [2.05, 4.69) is 64.7 Å². The zero-order valence-corrected chi connectivity index (χ0v) is 15.4. The number of rotatable bonds is 1. The first-order valence-corrected chi connectivity index (χ1v) is 9.07. The van der Waals surface area contributed by atoms with E-state index in [1.54, 1.807) is 11.1 Å². The molecule has 1 aromatic rings. The monoisotopic (exact) mass is 327 g/mol. The molecule has 0 aromatic heterocycles. The average Bonchev–Trinajstić information content (AvgIpc) is 2.78. The van der Waals surface area contributed by atoms with Gasteiger partial charge in [0, 0.05) is 0 Å². The average molecular weight is 327 g/mol. The van der Waals surface area contributed by atoms with E-state index in [1.807, 2.05) is 0 Å². The minimum absolute atomic E-state index is 0.222. The summed E-state index contributed by atoms with van der Waals surface area (Å²) in [5, 5.41) is 0. The third-order valence-electron chi connectivity index (χ3n) is 6.24. The fourth-order valence-electron chi connectivity index (χ4n) is 4.16. The van der Waals surface area contributed by atoms with Crippen molar-refractivity contribution in [3.8, 4) is 0 Å². The van der Waals surface area contributed by atoms with Gasteiger partial charge in [0.2, 0.25) is 0 Å². The Hall–Kier alpha value is -0.510. The van der Waals surface area contributed by atoms with Gasteiger partial charge in [-0.05, 0) is 81.8 Å². The maximum atomic E-state index is 6.20. The second-order valence-corrected chi connectivity index (χ2v) is 8.03. The standard InChI is InChI=1S/C18H25BO2.BS/c1-17(2)18(3,4)21-19(20-17)14-9-10-15-12-5-7-13(8-6-12)16(15)11-14;1-2/h9-13H,5-8H2,1-4H3;. The van der Waals surface area contributed by atoms with E-state index in [0.717, 1.165) is 11.8 Å². The SMILES string of the molecule is CC1(C)OB(c2ccc3c(c2)C2CCC3CC2)OC1(C)C.[B]=S. The van der Waals surface area contributed by atoms with E-state index in [0.29, 0.717) is 0 Å². The predicted molar refractivity (Wildman–Crippen MR) is 99.5 cm³/mol. The first kappa shape index (κ1) is 17.3. The Morgan fingerprint density at radius 2 is 1.39 bits per heavy atom. The molecule has 0 N–H and O–H groups in total. The fraction of sp³-hybridized carbons (Fsp3) is 0.667. The second kappa shape index (κ2) is 6.09. The van der Waals surface area contributed by atoms with E-state index >= 15 is 0 Å². The van der Waals surface area contributed by atoms with Gasteiger partial charge in [-0.2, -0.15) is 0 Å². The Kier molecular flexibility index (Phi) is 4.59. The summed E-state index contributed by atoms with van der Waals surface area (Å²) in [4.78, 5) is 0. The van der Waals surface area contributed by atoms with Crippen LogP contribution in [0.2, 0.25) is 0 Å². The molecule has 5 rings (SSSR count). The third-order valence-corrected chi connectivity index (χ3v) is 6.24. The van der Waals surface area contributed by atoms with Crippen molar-refractivity contribution in [3.63, 3.8) is 0 Å². The van der Waals surface area contributed by atoms with Crippen molar-refractivity contribution in [2.45, 2.75) is 76.4 Å². The second-order valence-electron chi connectivity index (χ2n) is 8.03. The zero-order valence-electron chi connectivity index (χ0n) is 14.6. The first-order valence-electron chi connectivity index (χ1n) is 8.60. The quantitative estimate of drug-likeness (QED) is 0.726. The van der Waals surface area contributed by atoms with Gasteiger partial charge in [0.25, 0.3) is 0 Å². The van der Waals surface area contributed by atoms with Gasteiger partial charge in [-0.25, -0.2) is 0 Å². The normalized spacial score (nSPS) is 29.6. The van der Waals surface area contributed by atoms with E-state index in [4.69, 9.17) is 9.31 Å². The van der Waals surface area contributed by atoms with Gasteiger partial charge in [-0.15, -0.1) is 0 Å². The molecular formula is C18H25B2O2S. The molecule has 1 heterocycles. The molecule has 2 fully saturated rings. The van der Waals surface area contributed by atoms with Gasteiger partial charge < -0.3 is 9.31 Å². The summed E-state index contributed by atoms with van der Waals surface area (Å²) in [7, 11) is -0.222. The summed E-state index contributed by atoms with van der Waals surface area (Å²) in [6.45, 7) is 12.6. The van der Waals surface area contributed by atoms with Crippen LogP contribution in [0.25, 0.3) is 0 Å². The van der Waals surface area contributed by atoms with Crippen molar-refractivity contribution >= 4 is 31.4 Å². The molecule has 121 valence electrons. The summed E-state index contributed by atoms with van der Waals surface area (Å²) in [6, 6.07) is 6.93. The molecule has 1 aliphatic heterocycles. The van der Waals surface area contributed by atoms with Crippen molar-refractivity contribution in [3.05, 3.63) is 29.3 Å². The zero-order chi connectivity index (χ0) is 16.8. The topological polar surface area (TPSA) is 18.5 Å². The van der Waals surface area contributed by atoms with Gasteiger partial charge in [0.15, 0.2) is 0 Å². The molecule has 23 heavy (non-hydrogen) atoms. The van der Waals surface area contributed by atoms with Crippen LogP contribution < -0.4 is 5.46 Å². The van der Waals surface area contributed by atoms with Gasteiger partial charge in [0.1, 0.15) is 0 Å². The van der Waals surface area contributed by atoms with Crippen LogP contribution in [0.15, 0.2) is 18.2 Å². The van der Waals surface area contributed by atoms with E-state index in [-0.39, 0.29) is 18.3 Å². The molecule has 4 aliphatic rings. The number of hydrogen-bond donors (Lipinski definition) is 0. The Labute approximate surface area is 146 Å². The predicted octanol–water partition coefficient (Wildman–Crippen LogP) is 4.01. The van der Waals surface area contributed by atoms with Crippen molar-refractivity contribution in [2.24, 2.45) is 0 Å². The van der Waals surface area contributed by atoms with Crippen LogP contribution in [-0.4, -0.2) is 25.0 Å². The molecule has 0 atom stereocenters. The molecule has 2 bridgehead atoms. The first-order chi connectivity index (χ1) is 10.9. The van der Waals surface area contributed by atoms with Crippen LogP contribution >= 0.6 is 12.1 Å². The molecule has 1 radical (unpaired) electrons. The molecule has 1 saturated carbocycles. The molecule has 1 aromatic carbocycles. The third kappa shape index (κ3) is 2.85. The van der Waals surface area contributed by atoms with Crippen LogP contribution in [0, 0.1) is 0 Å². The molecule has 5 heteroatoms. The number of benzene rings is 1. The fourth-order valence-corrected chi connectivity index (χ4v) is 4.16. The van der Waals surface area contributed by atoms with Gasteiger partial charge in [0.05, 0.1) is 11.2 Å². The van der Waals surface area contributed by atoms with Gasteiger partial charge in [-0.1, -0.05) is 18.2 Å². The van der Waals surface area contributed by atoms with Crippen LogP contribution in [0.1, 0.15) is 76.3 Å². The number of hydrogen-bond acceptors (Lipinski definition) is 3. The molecule has 1 saturated heterocycles. The summed E-state index contributed by atoms with van der Waals surface area (Å²) in [6.07, 6.45) is 5.50. The molecule has 0 spiro atoms. The van der Waals surface area contributed by atoms with Crippen LogP contribution in [-0.2, 0) is 9.31 Å². The van der Waals surface area contributed by atoms with E-state index in [1.165, 1.54) is 31.1 Å². The van der Waals surface area contributed by atoms with Crippen molar-refractivity contribution in [2.75, 3.05) is 0 Å². The summed E-state index contributed by atoms with van der Waals surface area (Å²) in [5.74, 6) is 1.57. The molecular weight excluding hydrogens is 302 g/mol. The summed E-state index contributed by atoms with van der Waals surface area (Å²) < 4.78 is 12.4. The van der Waals surface area contributed by atoms with Crippen molar-refractivity contribution in [1.29, 1.82) is 0 Å². The number of fused-ring (bicyclic) bond motifs is 2. The van der Waals surface area contributed by atoms with Gasteiger partial charge in [-0.3, -0.25) is 0 Å². The Morgan fingerprint density at radius 1 is 0.913 bits per heavy atom. The molecule has 0 unspecified atom stereocenters. The van der Waals surface area contributed by atoms with Crippen molar-refractivity contribution in [1.82, 2.24) is 0 Å². The van der Waals surface area contributed by atoms with E-state index < -0.39 is 0 Å². The van der Waals surface area contributed by atoms with Crippen LogP contribution in [0.4, 0.5) is 0 Å². The Bertz CT molecular complexity index is 579. The Balaban J connectivity index is 0.000000753. The molecule has 2 nitrogen and oxygen atoms in total.